The Balaban J connectivity index is 3.20. The van der Waals surface area contributed by atoms with Crippen LogP contribution in [0.15, 0.2) is 6.07 Å². The maximum Gasteiger partial charge on any atom is 0.573 e. The highest BCUT2D eigenvalue weighted by atomic mass is 127. The zero-order valence-corrected chi connectivity index (χ0v) is 11.1. The molecule has 0 unspecified atom stereocenters. The molecule has 0 fully saturated rings. The van der Waals surface area contributed by atoms with Crippen molar-refractivity contribution in [1.29, 1.82) is 0 Å². The van der Waals surface area contributed by atoms with E-state index >= 15 is 0 Å². The molecule has 9 heteroatoms. The minimum absolute atomic E-state index is 0.0203. The van der Waals surface area contributed by atoms with Gasteiger partial charge in [-0.2, -0.15) is 0 Å². The van der Waals surface area contributed by atoms with Crippen molar-refractivity contribution in [2.24, 2.45) is 0 Å². The van der Waals surface area contributed by atoms with Crippen LogP contribution in [-0.2, 0) is 11.2 Å². The molecule has 0 aromatic carbocycles. The number of ether oxygens (including phenoxy) is 2. The Hall–Kier alpha value is -1.26. The molecule has 5 nitrogen and oxygen atoms in total. The lowest BCUT2D eigenvalue weighted by atomic mass is 10.2. The Morgan fingerprint density at radius 1 is 1.56 bits per heavy atom. The molecule has 0 bridgehead atoms. The number of rotatable bonds is 4. The van der Waals surface area contributed by atoms with Crippen molar-refractivity contribution < 1.29 is 32.5 Å². The molecule has 0 saturated heterocycles. The van der Waals surface area contributed by atoms with Gasteiger partial charge in [-0.1, -0.05) is 0 Å². The van der Waals surface area contributed by atoms with E-state index < -0.39 is 24.5 Å². The first-order chi connectivity index (χ1) is 8.23. The summed E-state index contributed by atoms with van der Waals surface area (Å²) in [5, 5.41) is 8.63. The first-order valence-corrected chi connectivity index (χ1v) is 5.51. The normalized spacial score (nSPS) is 11.2. The van der Waals surface area contributed by atoms with E-state index in [1.54, 1.807) is 22.6 Å². The lowest BCUT2D eigenvalue weighted by molar-refractivity contribution is -0.275. The summed E-state index contributed by atoms with van der Waals surface area (Å²) in [5.41, 5.74) is -0.0540. The van der Waals surface area contributed by atoms with E-state index in [0.29, 0.717) is 0 Å². The van der Waals surface area contributed by atoms with Crippen LogP contribution in [0.25, 0.3) is 0 Å². The molecule has 1 heterocycles. The molecular formula is C9H7F3INO4. The fourth-order valence-corrected chi connectivity index (χ4v) is 1.67. The van der Waals surface area contributed by atoms with Gasteiger partial charge in [0.1, 0.15) is 5.75 Å². The molecule has 0 aliphatic heterocycles. The van der Waals surface area contributed by atoms with Gasteiger partial charge in [0, 0.05) is 6.07 Å². The zero-order chi connectivity index (χ0) is 13.9. The summed E-state index contributed by atoms with van der Waals surface area (Å²) >= 11 is 1.54. The number of nitrogens with zero attached hydrogens (tertiary/aromatic N) is 1. The van der Waals surface area contributed by atoms with Gasteiger partial charge in [0.2, 0.25) is 5.88 Å². The molecule has 1 rings (SSSR count). The van der Waals surface area contributed by atoms with Crippen molar-refractivity contribution in [2.75, 3.05) is 7.11 Å². The number of carboxylic acid groups (broad SMARTS) is 1. The molecule has 0 atom stereocenters. The summed E-state index contributed by atoms with van der Waals surface area (Å²) in [6.07, 6.45) is -5.39. The molecule has 1 aromatic rings. The number of hydrogen-bond acceptors (Lipinski definition) is 4. The van der Waals surface area contributed by atoms with Crippen LogP contribution in [0.5, 0.6) is 11.6 Å². The minimum atomic E-state index is -4.87. The standard InChI is InChI=1S/C9H7F3INO4/c1-17-6-3-5(18-9(10,11)12)8(13)4(14-6)2-7(15)16/h3H,2H2,1H3,(H,15,16). The summed E-state index contributed by atoms with van der Waals surface area (Å²) in [5.74, 6) is -1.90. The van der Waals surface area contributed by atoms with Gasteiger partial charge in [-0.25, -0.2) is 4.98 Å². The Morgan fingerprint density at radius 3 is 2.61 bits per heavy atom. The van der Waals surface area contributed by atoms with Gasteiger partial charge >= 0.3 is 12.3 Å². The number of alkyl halides is 3. The van der Waals surface area contributed by atoms with Gasteiger partial charge in [-0.3, -0.25) is 4.79 Å². The van der Waals surface area contributed by atoms with Crippen molar-refractivity contribution in [3.63, 3.8) is 0 Å². The lowest BCUT2D eigenvalue weighted by Gasteiger charge is -2.13. The van der Waals surface area contributed by atoms with Gasteiger partial charge in [-0.05, 0) is 22.6 Å². The van der Waals surface area contributed by atoms with E-state index in [0.717, 1.165) is 6.07 Å². The predicted molar refractivity (Wildman–Crippen MR) is 61.5 cm³/mol. The highest BCUT2D eigenvalue weighted by Gasteiger charge is 2.33. The number of pyridine rings is 1. The molecule has 0 saturated carbocycles. The van der Waals surface area contributed by atoms with E-state index in [1.165, 1.54) is 7.11 Å². The molecule has 0 aliphatic rings. The van der Waals surface area contributed by atoms with Crippen LogP contribution in [-0.4, -0.2) is 29.5 Å². The highest BCUT2D eigenvalue weighted by molar-refractivity contribution is 14.1. The van der Waals surface area contributed by atoms with E-state index in [4.69, 9.17) is 9.84 Å². The second-order valence-electron chi connectivity index (χ2n) is 3.04. The maximum absolute atomic E-state index is 12.1. The zero-order valence-electron chi connectivity index (χ0n) is 8.92. The van der Waals surface area contributed by atoms with Gasteiger partial charge in [0.05, 0.1) is 22.8 Å². The quantitative estimate of drug-likeness (QED) is 0.816. The highest BCUT2D eigenvalue weighted by Crippen LogP contribution is 2.32. The number of hydrogen-bond donors (Lipinski definition) is 1. The molecule has 0 aliphatic carbocycles. The van der Waals surface area contributed by atoms with Crippen LogP contribution in [0, 0.1) is 3.57 Å². The molecule has 0 amide bonds. The average Bonchev–Trinajstić information content (AvgIpc) is 2.21. The number of methoxy groups -OCH3 is 1. The maximum atomic E-state index is 12.1. The SMILES string of the molecule is COc1cc(OC(F)(F)F)c(I)c(CC(=O)O)n1. The summed E-state index contributed by atoms with van der Waals surface area (Å²) < 4.78 is 44.9. The second kappa shape index (κ2) is 5.59. The monoisotopic (exact) mass is 377 g/mol. The Kier molecular flexibility index (Phi) is 4.59. The largest absolute Gasteiger partial charge is 0.573 e. The summed E-state index contributed by atoms with van der Waals surface area (Å²) in [6, 6.07) is 0.945. The van der Waals surface area contributed by atoms with Crippen LogP contribution in [0.3, 0.4) is 0 Å². The van der Waals surface area contributed by atoms with Gasteiger partial charge in [0.25, 0.3) is 0 Å². The number of aromatic nitrogens is 1. The minimum Gasteiger partial charge on any atom is -0.481 e. The Bertz CT molecular complexity index is 464. The Morgan fingerprint density at radius 2 is 2.17 bits per heavy atom. The third-order valence-electron chi connectivity index (χ3n) is 1.72. The average molecular weight is 377 g/mol. The van der Waals surface area contributed by atoms with Crippen molar-refractivity contribution in [3.8, 4) is 11.6 Å². The molecule has 0 radical (unpaired) electrons. The fourth-order valence-electron chi connectivity index (χ4n) is 1.10. The second-order valence-corrected chi connectivity index (χ2v) is 4.12. The first-order valence-electron chi connectivity index (χ1n) is 4.44. The molecule has 1 aromatic heterocycles. The molecular weight excluding hydrogens is 370 g/mol. The molecule has 18 heavy (non-hydrogen) atoms. The number of halogens is 4. The van der Waals surface area contributed by atoms with Gasteiger partial charge in [-0.15, -0.1) is 13.2 Å². The molecule has 0 spiro atoms. The number of carboxylic acids is 1. The smallest absolute Gasteiger partial charge is 0.481 e. The lowest BCUT2D eigenvalue weighted by Crippen LogP contribution is -2.19. The van der Waals surface area contributed by atoms with E-state index in [-0.39, 0.29) is 15.1 Å². The fraction of sp³-hybridized carbons (Fsp3) is 0.333. The molecule has 1 N–H and O–H groups in total. The summed E-state index contributed by atoms with van der Waals surface area (Å²) in [4.78, 5) is 14.3. The first kappa shape index (κ1) is 14.8. The van der Waals surface area contributed by atoms with E-state index in [9.17, 15) is 18.0 Å². The van der Waals surface area contributed by atoms with Gasteiger partial charge < -0.3 is 14.6 Å². The van der Waals surface area contributed by atoms with Crippen LogP contribution in [0.4, 0.5) is 13.2 Å². The summed E-state index contributed by atoms with van der Waals surface area (Å²) in [6.45, 7) is 0. The van der Waals surface area contributed by atoms with E-state index in [2.05, 4.69) is 9.72 Å². The predicted octanol–water partition coefficient (Wildman–Crippen LogP) is 2.22. The molecule has 100 valence electrons. The third kappa shape index (κ3) is 4.20. The topological polar surface area (TPSA) is 68.7 Å². The van der Waals surface area contributed by atoms with E-state index in [1.807, 2.05) is 0 Å². The van der Waals surface area contributed by atoms with Crippen LogP contribution in [0.2, 0.25) is 0 Å². The van der Waals surface area contributed by atoms with Crippen molar-refractivity contribution in [3.05, 3.63) is 15.3 Å². The summed E-state index contributed by atoms with van der Waals surface area (Å²) in [7, 11) is 1.21. The number of carbonyl (C=O) groups is 1. The van der Waals surface area contributed by atoms with Crippen LogP contribution >= 0.6 is 22.6 Å². The van der Waals surface area contributed by atoms with Crippen molar-refractivity contribution >= 4 is 28.6 Å². The van der Waals surface area contributed by atoms with Crippen molar-refractivity contribution in [2.45, 2.75) is 12.8 Å². The van der Waals surface area contributed by atoms with Gasteiger partial charge in [0.15, 0.2) is 0 Å². The number of aliphatic carboxylic acids is 1. The van der Waals surface area contributed by atoms with Crippen molar-refractivity contribution in [1.82, 2.24) is 4.98 Å². The van der Waals surface area contributed by atoms with Crippen LogP contribution < -0.4 is 9.47 Å². The van der Waals surface area contributed by atoms with Crippen LogP contribution in [0.1, 0.15) is 5.69 Å². The third-order valence-corrected chi connectivity index (χ3v) is 2.88. The Labute approximate surface area is 113 Å².